The smallest absolute Gasteiger partial charge is 0.254 e. The van der Waals surface area contributed by atoms with E-state index in [9.17, 15) is 13.2 Å². The number of nitrogens with zero attached hydrogens (tertiary/aromatic N) is 2. The van der Waals surface area contributed by atoms with Crippen LogP contribution in [0.5, 0.6) is 5.75 Å². The third-order valence-corrected chi connectivity index (χ3v) is 7.75. The Hall–Kier alpha value is -2.38. The van der Waals surface area contributed by atoms with Crippen molar-refractivity contribution in [3.05, 3.63) is 59.7 Å². The van der Waals surface area contributed by atoms with Crippen LogP contribution in [0.2, 0.25) is 0 Å². The van der Waals surface area contributed by atoms with E-state index in [1.807, 2.05) is 35.2 Å². The standard InChI is InChI=1S/C24H32N2O4S/c1-18(2)21-12-8-9-15-26(21)24(27)20-13-14-22(30-4)23(16-20)31(28,29)25(3)17-19-10-6-5-7-11-19/h5-7,10-11,13-14,16,18,21H,8-9,12,15,17H2,1-4H3. The van der Waals surface area contributed by atoms with Gasteiger partial charge >= 0.3 is 0 Å². The van der Waals surface area contributed by atoms with Crippen molar-refractivity contribution in [2.45, 2.75) is 50.6 Å². The molecule has 168 valence electrons. The van der Waals surface area contributed by atoms with Crippen LogP contribution in [0.4, 0.5) is 0 Å². The van der Waals surface area contributed by atoms with Crippen molar-refractivity contribution in [3.8, 4) is 5.75 Å². The molecule has 1 saturated heterocycles. The highest BCUT2D eigenvalue weighted by Crippen LogP contribution is 2.30. The molecule has 0 spiro atoms. The summed E-state index contributed by atoms with van der Waals surface area (Å²) in [7, 11) is -0.885. The predicted octanol–water partition coefficient (Wildman–Crippen LogP) is 4.17. The summed E-state index contributed by atoms with van der Waals surface area (Å²) in [6, 6.07) is 14.3. The van der Waals surface area contributed by atoms with Gasteiger partial charge in [-0.15, -0.1) is 0 Å². The average Bonchev–Trinajstić information content (AvgIpc) is 2.78. The van der Waals surface area contributed by atoms with Gasteiger partial charge in [0.05, 0.1) is 7.11 Å². The number of sulfonamides is 1. The third-order valence-electron chi connectivity index (χ3n) is 5.93. The number of hydrogen-bond acceptors (Lipinski definition) is 4. The van der Waals surface area contributed by atoms with Crippen LogP contribution in [0.1, 0.15) is 49.0 Å². The van der Waals surface area contributed by atoms with Crippen LogP contribution >= 0.6 is 0 Å². The van der Waals surface area contributed by atoms with Gasteiger partial charge in [-0.05, 0) is 48.9 Å². The molecule has 0 aromatic heterocycles. The number of methoxy groups -OCH3 is 1. The topological polar surface area (TPSA) is 66.9 Å². The molecule has 0 saturated carbocycles. The number of rotatable bonds is 7. The zero-order valence-electron chi connectivity index (χ0n) is 18.7. The lowest BCUT2D eigenvalue weighted by Gasteiger charge is -2.38. The Labute approximate surface area is 185 Å². The first-order valence-corrected chi connectivity index (χ1v) is 12.2. The van der Waals surface area contributed by atoms with E-state index in [-0.39, 0.29) is 29.1 Å². The lowest BCUT2D eigenvalue weighted by atomic mass is 9.92. The van der Waals surface area contributed by atoms with E-state index in [2.05, 4.69) is 13.8 Å². The van der Waals surface area contributed by atoms with E-state index in [1.54, 1.807) is 12.1 Å². The van der Waals surface area contributed by atoms with Gasteiger partial charge in [0.25, 0.3) is 5.91 Å². The molecule has 3 rings (SSSR count). The number of carbonyl (C=O) groups is 1. The van der Waals surface area contributed by atoms with Gasteiger partial charge in [-0.1, -0.05) is 44.2 Å². The predicted molar refractivity (Wildman–Crippen MR) is 122 cm³/mol. The van der Waals surface area contributed by atoms with Crippen molar-refractivity contribution < 1.29 is 17.9 Å². The SMILES string of the molecule is COc1ccc(C(=O)N2CCCCC2C(C)C)cc1S(=O)(=O)N(C)Cc1ccccc1. The molecule has 0 radical (unpaired) electrons. The van der Waals surface area contributed by atoms with Gasteiger partial charge in [0.1, 0.15) is 10.6 Å². The highest BCUT2D eigenvalue weighted by atomic mass is 32.2. The van der Waals surface area contributed by atoms with E-state index >= 15 is 0 Å². The highest BCUT2D eigenvalue weighted by molar-refractivity contribution is 7.89. The van der Waals surface area contributed by atoms with Gasteiger partial charge in [0.15, 0.2) is 0 Å². The molecule has 0 N–H and O–H groups in total. The van der Waals surface area contributed by atoms with Gasteiger partial charge in [-0.2, -0.15) is 4.31 Å². The normalized spacial score (nSPS) is 17.2. The lowest BCUT2D eigenvalue weighted by molar-refractivity contribution is 0.0543. The number of benzene rings is 2. The second kappa shape index (κ2) is 9.83. The van der Waals surface area contributed by atoms with Crippen LogP contribution in [-0.4, -0.2) is 50.3 Å². The molecule has 1 heterocycles. The van der Waals surface area contributed by atoms with Crippen molar-refractivity contribution in [3.63, 3.8) is 0 Å². The summed E-state index contributed by atoms with van der Waals surface area (Å²) in [6.45, 7) is 5.17. The summed E-state index contributed by atoms with van der Waals surface area (Å²) < 4.78 is 33.3. The number of carbonyl (C=O) groups excluding carboxylic acids is 1. The number of likely N-dealkylation sites (tertiary alicyclic amines) is 1. The van der Waals surface area contributed by atoms with E-state index in [4.69, 9.17) is 4.74 Å². The second-order valence-corrected chi connectivity index (χ2v) is 10.4. The zero-order valence-corrected chi connectivity index (χ0v) is 19.6. The molecule has 1 aliphatic rings. The summed E-state index contributed by atoms with van der Waals surface area (Å²) in [6.07, 6.45) is 3.06. The quantitative estimate of drug-likeness (QED) is 0.643. The van der Waals surface area contributed by atoms with Crippen LogP contribution in [0.3, 0.4) is 0 Å². The Balaban J connectivity index is 1.93. The van der Waals surface area contributed by atoms with Crippen LogP contribution in [-0.2, 0) is 16.6 Å². The highest BCUT2D eigenvalue weighted by Gasteiger charge is 2.31. The minimum atomic E-state index is -3.86. The molecule has 1 fully saturated rings. The fraction of sp³-hybridized carbons (Fsp3) is 0.458. The van der Waals surface area contributed by atoms with Gasteiger partial charge in [-0.3, -0.25) is 4.79 Å². The summed E-state index contributed by atoms with van der Waals surface area (Å²) in [4.78, 5) is 15.2. The molecule has 31 heavy (non-hydrogen) atoms. The molecule has 2 aromatic carbocycles. The number of ether oxygens (including phenoxy) is 1. The molecule has 2 aromatic rings. The van der Waals surface area contributed by atoms with Gasteiger partial charge < -0.3 is 9.64 Å². The number of amides is 1. The van der Waals surface area contributed by atoms with Crippen LogP contribution < -0.4 is 4.74 Å². The Morgan fingerprint density at radius 2 is 1.87 bits per heavy atom. The van der Waals surface area contributed by atoms with Crippen LogP contribution in [0.25, 0.3) is 0 Å². The van der Waals surface area contributed by atoms with Crippen molar-refractivity contribution in [1.82, 2.24) is 9.21 Å². The van der Waals surface area contributed by atoms with Crippen LogP contribution in [0.15, 0.2) is 53.4 Å². The molecule has 6 nitrogen and oxygen atoms in total. The molecule has 1 atom stereocenters. The molecular weight excluding hydrogens is 412 g/mol. The first-order valence-electron chi connectivity index (χ1n) is 10.7. The summed E-state index contributed by atoms with van der Waals surface area (Å²) in [5.41, 5.74) is 1.26. The fourth-order valence-electron chi connectivity index (χ4n) is 4.17. The monoisotopic (exact) mass is 444 g/mol. The second-order valence-electron chi connectivity index (χ2n) is 8.42. The minimum absolute atomic E-state index is 0.0115. The summed E-state index contributed by atoms with van der Waals surface area (Å²) in [5, 5.41) is 0. The maximum Gasteiger partial charge on any atom is 0.254 e. The Kier molecular flexibility index (Phi) is 7.38. The summed E-state index contributed by atoms with van der Waals surface area (Å²) in [5.74, 6) is 0.460. The van der Waals surface area contributed by atoms with Crippen molar-refractivity contribution in [1.29, 1.82) is 0 Å². The molecule has 1 amide bonds. The van der Waals surface area contributed by atoms with Crippen LogP contribution in [0, 0.1) is 5.92 Å². The molecule has 1 unspecified atom stereocenters. The van der Waals surface area contributed by atoms with Gasteiger partial charge in [-0.25, -0.2) is 8.42 Å². The molecule has 7 heteroatoms. The van der Waals surface area contributed by atoms with E-state index in [0.717, 1.165) is 24.8 Å². The van der Waals surface area contributed by atoms with Crippen molar-refractivity contribution in [2.24, 2.45) is 5.92 Å². The maximum absolute atomic E-state index is 13.4. The third kappa shape index (κ3) is 5.10. The van der Waals surface area contributed by atoms with Crippen molar-refractivity contribution in [2.75, 3.05) is 20.7 Å². The molecule has 0 aliphatic carbocycles. The Bertz CT molecular complexity index is 1010. The molecule has 1 aliphatic heterocycles. The molecular formula is C24H32N2O4S. The number of piperidine rings is 1. The first kappa shape index (κ1) is 23.3. The largest absolute Gasteiger partial charge is 0.495 e. The average molecular weight is 445 g/mol. The number of hydrogen-bond donors (Lipinski definition) is 0. The van der Waals surface area contributed by atoms with Crippen molar-refractivity contribution >= 4 is 15.9 Å². The summed E-state index contributed by atoms with van der Waals surface area (Å²) >= 11 is 0. The zero-order chi connectivity index (χ0) is 22.6. The molecule has 0 bridgehead atoms. The Morgan fingerprint density at radius 3 is 2.52 bits per heavy atom. The van der Waals surface area contributed by atoms with E-state index in [0.29, 0.717) is 18.0 Å². The lowest BCUT2D eigenvalue weighted by Crippen LogP contribution is -2.46. The maximum atomic E-state index is 13.4. The minimum Gasteiger partial charge on any atom is -0.495 e. The van der Waals surface area contributed by atoms with E-state index in [1.165, 1.54) is 24.5 Å². The van der Waals surface area contributed by atoms with Gasteiger partial charge in [0.2, 0.25) is 10.0 Å². The fourth-order valence-corrected chi connectivity index (χ4v) is 5.51. The first-order chi connectivity index (χ1) is 14.8. The van der Waals surface area contributed by atoms with Gasteiger partial charge in [0, 0.05) is 31.7 Å². The van der Waals surface area contributed by atoms with E-state index < -0.39 is 10.0 Å². The Morgan fingerprint density at radius 1 is 1.16 bits per heavy atom.